The SMILES string of the molecule is CCN(CC(=O)Nc1c(C)cccc1C)C(=S)NCCc1ccc(Cl)cc1. The van der Waals surface area contributed by atoms with Crippen LogP contribution in [0.3, 0.4) is 0 Å². The van der Waals surface area contributed by atoms with Crippen LogP contribution in [0.4, 0.5) is 5.69 Å². The molecule has 0 saturated heterocycles. The van der Waals surface area contributed by atoms with Gasteiger partial charge in [0.25, 0.3) is 0 Å². The van der Waals surface area contributed by atoms with Crippen LogP contribution in [0.1, 0.15) is 23.6 Å². The van der Waals surface area contributed by atoms with Crippen molar-refractivity contribution < 1.29 is 4.79 Å². The van der Waals surface area contributed by atoms with E-state index in [2.05, 4.69) is 10.6 Å². The van der Waals surface area contributed by atoms with Crippen LogP contribution in [-0.4, -0.2) is 35.6 Å². The average molecular weight is 404 g/mol. The lowest BCUT2D eigenvalue weighted by molar-refractivity contribution is -0.116. The second kappa shape index (κ2) is 10.3. The van der Waals surface area contributed by atoms with Crippen molar-refractivity contribution in [1.82, 2.24) is 10.2 Å². The summed E-state index contributed by atoms with van der Waals surface area (Å²) in [6.07, 6.45) is 0.837. The number of carbonyl (C=O) groups excluding carboxylic acids is 1. The summed E-state index contributed by atoms with van der Waals surface area (Å²) >= 11 is 11.4. The van der Waals surface area contributed by atoms with E-state index in [0.29, 0.717) is 18.2 Å². The molecule has 0 aliphatic carbocycles. The van der Waals surface area contributed by atoms with Crippen molar-refractivity contribution in [2.45, 2.75) is 27.2 Å². The summed E-state index contributed by atoms with van der Waals surface area (Å²) in [6, 6.07) is 13.7. The minimum atomic E-state index is -0.0731. The minimum absolute atomic E-state index is 0.0731. The van der Waals surface area contributed by atoms with Gasteiger partial charge in [-0.2, -0.15) is 0 Å². The van der Waals surface area contributed by atoms with Crippen molar-refractivity contribution in [3.05, 3.63) is 64.2 Å². The molecule has 2 aromatic rings. The number of halogens is 1. The van der Waals surface area contributed by atoms with Crippen LogP contribution >= 0.6 is 23.8 Å². The van der Waals surface area contributed by atoms with Crippen LogP contribution in [0, 0.1) is 13.8 Å². The quantitative estimate of drug-likeness (QED) is 0.675. The van der Waals surface area contributed by atoms with Crippen LogP contribution in [0.5, 0.6) is 0 Å². The van der Waals surface area contributed by atoms with Crippen LogP contribution in [0.25, 0.3) is 0 Å². The van der Waals surface area contributed by atoms with E-state index in [-0.39, 0.29) is 12.5 Å². The zero-order chi connectivity index (χ0) is 19.8. The lowest BCUT2D eigenvalue weighted by Gasteiger charge is -2.24. The lowest BCUT2D eigenvalue weighted by Crippen LogP contribution is -2.44. The number of aryl methyl sites for hydroxylation is 2. The van der Waals surface area contributed by atoms with E-state index in [1.807, 2.05) is 68.1 Å². The Labute approximate surface area is 171 Å². The second-order valence-electron chi connectivity index (χ2n) is 6.44. The number of hydrogen-bond acceptors (Lipinski definition) is 2. The number of anilines is 1. The smallest absolute Gasteiger partial charge is 0.243 e. The topological polar surface area (TPSA) is 44.4 Å². The molecule has 0 aromatic heterocycles. The number of carbonyl (C=O) groups is 1. The number of rotatable bonds is 7. The summed E-state index contributed by atoms with van der Waals surface area (Å²) in [5, 5.41) is 7.56. The summed E-state index contributed by atoms with van der Waals surface area (Å²) in [5.41, 5.74) is 4.16. The number of likely N-dealkylation sites (N-methyl/N-ethyl adjacent to an activating group) is 1. The van der Waals surface area contributed by atoms with Gasteiger partial charge in [0.1, 0.15) is 0 Å². The Morgan fingerprint density at radius 3 is 2.33 bits per heavy atom. The van der Waals surface area contributed by atoms with E-state index in [1.165, 1.54) is 5.56 Å². The molecule has 2 rings (SSSR count). The monoisotopic (exact) mass is 403 g/mol. The van der Waals surface area contributed by atoms with Gasteiger partial charge in [-0.15, -0.1) is 0 Å². The number of nitrogens with zero attached hydrogens (tertiary/aromatic N) is 1. The Hall–Kier alpha value is -2.11. The van der Waals surface area contributed by atoms with E-state index < -0.39 is 0 Å². The third-order valence-electron chi connectivity index (χ3n) is 4.35. The molecule has 2 aromatic carbocycles. The van der Waals surface area contributed by atoms with Gasteiger partial charge in [-0.05, 0) is 68.2 Å². The van der Waals surface area contributed by atoms with E-state index in [4.69, 9.17) is 23.8 Å². The van der Waals surface area contributed by atoms with Gasteiger partial charge in [0.2, 0.25) is 5.91 Å². The molecule has 0 aliphatic heterocycles. The lowest BCUT2D eigenvalue weighted by atomic mass is 10.1. The molecule has 6 heteroatoms. The summed E-state index contributed by atoms with van der Waals surface area (Å²) < 4.78 is 0. The molecule has 144 valence electrons. The van der Waals surface area contributed by atoms with Crippen molar-refractivity contribution in [3.63, 3.8) is 0 Å². The van der Waals surface area contributed by atoms with E-state index >= 15 is 0 Å². The molecule has 27 heavy (non-hydrogen) atoms. The minimum Gasteiger partial charge on any atom is -0.362 e. The van der Waals surface area contributed by atoms with E-state index in [0.717, 1.165) is 28.3 Å². The highest BCUT2D eigenvalue weighted by Gasteiger charge is 2.14. The van der Waals surface area contributed by atoms with Crippen molar-refractivity contribution in [1.29, 1.82) is 0 Å². The van der Waals surface area contributed by atoms with Crippen LogP contribution in [0.2, 0.25) is 5.02 Å². The van der Waals surface area contributed by atoms with Gasteiger partial charge in [-0.3, -0.25) is 4.79 Å². The Morgan fingerprint density at radius 2 is 1.74 bits per heavy atom. The summed E-state index contributed by atoms with van der Waals surface area (Å²) in [5.74, 6) is -0.0731. The van der Waals surface area contributed by atoms with Crippen molar-refractivity contribution in [2.75, 3.05) is 25.0 Å². The third kappa shape index (κ3) is 6.52. The molecular weight excluding hydrogens is 378 g/mol. The average Bonchev–Trinajstić information content (AvgIpc) is 2.64. The summed E-state index contributed by atoms with van der Waals surface area (Å²) in [4.78, 5) is 14.3. The number of amides is 1. The van der Waals surface area contributed by atoms with Gasteiger partial charge in [-0.1, -0.05) is 41.9 Å². The fourth-order valence-electron chi connectivity index (χ4n) is 2.77. The van der Waals surface area contributed by atoms with Crippen LogP contribution < -0.4 is 10.6 Å². The molecule has 0 heterocycles. The number of thiocarbonyl (C=S) groups is 1. The molecule has 0 saturated carbocycles. The standard InChI is InChI=1S/C21H26ClN3OS/c1-4-25(14-19(26)24-20-15(2)6-5-7-16(20)3)21(27)23-13-12-17-8-10-18(22)11-9-17/h5-11H,4,12-14H2,1-3H3,(H,23,27)(H,24,26). The third-order valence-corrected chi connectivity index (χ3v) is 5.01. The number of para-hydroxylation sites is 1. The highest BCUT2D eigenvalue weighted by atomic mass is 35.5. The highest BCUT2D eigenvalue weighted by Crippen LogP contribution is 2.19. The molecule has 0 bridgehead atoms. The van der Waals surface area contributed by atoms with E-state index in [1.54, 1.807) is 0 Å². The fourth-order valence-corrected chi connectivity index (χ4v) is 3.19. The van der Waals surface area contributed by atoms with Gasteiger partial charge in [0.05, 0.1) is 6.54 Å². The molecule has 0 radical (unpaired) electrons. The first-order chi connectivity index (χ1) is 12.9. The zero-order valence-corrected chi connectivity index (χ0v) is 17.6. The first-order valence-corrected chi connectivity index (χ1v) is 9.82. The Bertz CT molecular complexity index is 772. The number of hydrogen-bond donors (Lipinski definition) is 2. The number of nitrogens with one attached hydrogen (secondary N) is 2. The maximum absolute atomic E-state index is 12.5. The largest absolute Gasteiger partial charge is 0.362 e. The molecule has 0 unspecified atom stereocenters. The Morgan fingerprint density at radius 1 is 1.11 bits per heavy atom. The van der Waals surface area contributed by atoms with Crippen molar-refractivity contribution in [3.8, 4) is 0 Å². The first-order valence-electron chi connectivity index (χ1n) is 9.04. The van der Waals surface area contributed by atoms with Crippen molar-refractivity contribution in [2.24, 2.45) is 0 Å². The predicted molar refractivity (Wildman–Crippen MR) is 118 cm³/mol. The number of benzene rings is 2. The maximum atomic E-state index is 12.5. The van der Waals surface area contributed by atoms with Crippen LogP contribution in [-0.2, 0) is 11.2 Å². The normalized spacial score (nSPS) is 10.4. The van der Waals surface area contributed by atoms with Gasteiger partial charge in [0.15, 0.2) is 5.11 Å². The summed E-state index contributed by atoms with van der Waals surface area (Å²) in [6.45, 7) is 7.55. The maximum Gasteiger partial charge on any atom is 0.243 e. The molecule has 4 nitrogen and oxygen atoms in total. The second-order valence-corrected chi connectivity index (χ2v) is 7.26. The van der Waals surface area contributed by atoms with Crippen LogP contribution in [0.15, 0.2) is 42.5 Å². The van der Waals surface area contributed by atoms with Gasteiger partial charge in [-0.25, -0.2) is 0 Å². The highest BCUT2D eigenvalue weighted by molar-refractivity contribution is 7.80. The molecular formula is C21H26ClN3OS. The predicted octanol–water partition coefficient (Wildman–Crippen LogP) is 4.33. The molecule has 2 N–H and O–H groups in total. The molecule has 0 fully saturated rings. The van der Waals surface area contributed by atoms with Gasteiger partial charge >= 0.3 is 0 Å². The van der Waals surface area contributed by atoms with E-state index in [9.17, 15) is 4.79 Å². The fraction of sp³-hybridized carbons (Fsp3) is 0.333. The molecule has 0 atom stereocenters. The Kier molecular flexibility index (Phi) is 8.07. The van der Waals surface area contributed by atoms with Gasteiger partial charge < -0.3 is 15.5 Å². The zero-order valence-electron chi connectivity index (χ0n) is 16.0. The Balaban J connectivity index is 1.85. The molecule has 1 amide bonds. The molecule has 0 aliphatic rings. The van der Waals surface area contributed by atoms with Crippen molar-refractivity contribution >= 4 is 40.5 Å². The summed E-state index contributed by atoms with van der Waals surface area (Å²) in [7, 11) is 0. The van der Waals surface area contributed by atoms with Gasteiger partial charge in [0, 0.05) is 23.8 Å². The molecule has 0 spiro atoms. The first kappa shape index (κ1) is 21.2.